The Balaban J connectivity index is 1.72. The van der Waals surface area contributed by atoms with Crippen molar-refractivity contribution in [1.29, 1.82) is 0 Å². The van der Waals surface area contributed by atoms with E-state index in [9.17, 15) is 0 Å². The maximum Gasteiger partial charge on any atom is 0.296 e. The summed E-state index contributed by atoms with van der Waals surface area (Å²) in [5, 5.41) is 0. The zero-order valence-corrected chi connectivity index (χ0v) is 6.68. The van der Waals surface area contributed by atoms with E-state index in [0.717, 1.165) is 18.3 Å². The van der Waals surface area contributed by atoms with Crippen molar-refractivity contribution < 1.29 is 4.65 Å². The lowest BCUT2D eigenvalue weighted by atomic mass is 9.59. The normalized spacial score (nSPS) is 36.3. The Hall–Kier alpha value is 0.0249. The van der Waals surface area contributed by atoms with Gasteiger partial charge in [0, 0.05) is 6.61 Å². The van der Waals surface area contributed by atoms with Crippen molar-refractivity contribution in [1.82, 2.24) is 0 Å². The molecule has 1 heterocycles. The van der Waals surface area contributed by atoms with Crippen molar-refractivity contribution in [2.75, 3.05) is 6.61 Å². The molecule has 1 saturated heterocycles. The van der Waals surface area contributed by atoms with Crippen LogP contribution in [-0.2, 0) is 4.65 Å². The van der Waals surface area contributed by atoms with Crippen LogP contribution in [0.4, 0.5) is 0 Å². The van der Waals surface area contributed by atoms with Gasteiger partial charge < -0.3 is 4.65 Å². The van der Waals surface area contributed by atoms with Gasteiger partial charge in [-0.25, -0.2) is 0 Å². The van der Waals surface area contributed by atoms with Crippen molar-refractivity contribution in [3.05, 3.63) is 0 Å². The summed E-state index contributed by atoms with van der Waals surface area (Å²) in [6, 6.07) is 0. The fourth-order valence-corrected chi connectivity index (χ4v) is 1.99. The molecule has 2 heteroatoms. The largest absolute Gasteiger partial charge is 0.435 e. The average molecular weight is 138 g/mol. The Bertz CT molecular complexity index is 126. The molecule has 0 amide bonds. The van der Waals surface area contributed by atoms with E-state index in [1.165, 1.54) is 25.6 Å². The summed E-state index contributed by atoms with van der Waals surface area (Å²) in [6.07, 6.45) is 5.46. The Kier molecular flexibility index (Phi) is 1.73. The molecule has 0 N–H and O–H groups in total. The molecule has 0 unspecified atom stereocenters. The molecule has 0 bridgehead atoms. The molecule has 1 nitrogen and oxygen atoms in total. The van der Waals surface area contributed by atoms with Crippen LogP contribution in [0.25, 0.3) is 0 Å². The first-order valence-electron chi connectivity index (χ1n) is 4.53. The maximum absolute atomic E-state index is 5.62. The number of fused-ring (bicyclic) bond motifs is 1. The quantitative estimate of drug-likeness (QED) is 0.543. The van der Waals surface area contributed by atoms with Gasteiger partial charge in [-0.15, -0.1) is 0 Å². The minimum absolute atomic E-state index is 0.657. The molecule has 2 rings (SSSR count). The van der Waals surface area contributed by atoms with Gasteiger partial charge in [0.2, 0.25) is 0 Å². The molecule has 1 aliphatic carbocycles. The van der Waals surface area contributed by atoms with E-state index in [-0.39, 0.29) is 0 Å². The third kappa shape index (κ3) is 1.09. The summed E-state index contributed by atoms with van der Waals surface area (Å²) >= 11 is 0. The fourth-order valence-electron chi connectivity index (χ4n) is 1.99. The summed E-state index contributed by atoms with van der Waals surface area (Å²) in [5.74, 6) is 1.95. The minimum atomic E-state index is 0.657. The summed E-state index contributed by atoms with van der Waals surface area (Å²) < 4.78 is 5.62. The first kappa shape index (κ1) is 6.72. The smallest absolute Gasteiger partial charge is 0.296 e. The fraction of sp³-hybridized carbons (Fsp3) is 1.00. The zero-order valence-electron chi connectivity index (χ0n) is 6.68. The molecule has 0 aromatic rings. The minimum Gasteiger partial charge on any atom is -0.435 e. The molecule has 2 aliphatic rings. The van der Waals surface area contributed by atoms with E-state index in [1.54, 1.807) is 0 Å². The first-order valence-corrected chi connectivity index (χ1v) is 4.53. The van der Waals surface area contributed by atoms with Gasteiger partial charge in [0.1, 0.15) is 0 Å². The molecule has 56 valence electrons. The SMILES string of the molecule is CCCCB1OC[C@@H]2C[C@H]12. The molecule has 0 radical (unpaired) electrons. The van der Waals surface area contributed by atoms with Gasteiger partial charge in [-0.1, -0.05) is 19.8 Å². The number of hydrogen-bond acceptors (Lipinski definition) is 1. The van der Waals surface area contributed by atoms with Crippen LogP contribution in [-0.4, -0.2) is 13.5 Å². The molecular weight excluding hydrogens is 123 g/mol. The molecule has 2 atom stereocenters. The zero-order chi connectivity index (χ0) is 6.97. The lowest BCUT2D eigenvalue weighted by molar-refractivity contribution is 0.329. The van der Waals surface area contributed by atoms with Crippen LogP contribution in [0.5, 0.6) is 0 Å². The third-order valence-electron chi connectivity index (χ3n) is 2.82. The van der Waals surface area contributed by atoms with Gasteiger partial charge in [-0.05, 0) is 24.5 Å². The highest BCUT2D eigenvalue weighted by molar-refractivity contribution is 6.55. The predicted molar refractivity (Wildman–Crippen MR) is 43.3 cm³/mol. The lowest BCUT2D eigenvalue weighted by Gasteiger charge is -2.05. The van der Waals surface area contributed by atoms with Crippen LogP contribution < -0.4 is 0 Å². The summed E-state index contributed by atoms with van der Waals surface area (Å²) in [5.41, 5.74) is 0. The topological polar surface area (TPSA) is 9.23 Å². The second kappa shape index (κ2) is 2.57. The van der Waals surface area contributed by atoms with E-state index < -0.39 is 0 Å². The van der Waals surface area contributed by atoms with E-state index in [1.807, 2.05) is 0 Å². The Labute approximate surface area is 63.3 Å². The standard InChI is InChI=1S/C8H15BO/c1-2-3-4-9-8-5-7(8)6-10-9/h7-8H,2-6H2,1H3/t7-,8-/m0/s1. The van der Waals surface area contributed by atoms with Gasteiger partial charge >= 0.3 is 0 Å². The molecular formula is C8H15BO. The highest BCUT2D eigenvalue weighted by atomic mass is 16.4. The van der Waals surface area contributed by atoms with E-state index in [0.29, 0.717) is 6.92 Å². The highest BCUT2D eigenvalue weighted by Crippen LogP contribution is 2.53. The van der Waals surface area contributed by atoms with Gasteiger partial charge in [0.05, 0.1) is 0 Å². The van der Waals surface area contributed by atoms with Crippen LogP contribution in [0.2, 0.25) is 12.1 Å². The molecule has 2 fully saturated rings. The van der Waals surface area contributed by atoms with Gasteiger partial charge in [-0.2, -0.15) is 0 Å². The lowest BCUT2D eigenvalue weighted by Crippen LogP contribution is -2.13. The van der Waals surface area contributed by atoms with Crippen molar-refractivity contribution in [2.45, 2.75) is 38.3 Å². The molecule has 0 aromatic carbocycles. The Morgan fingerprint density at radius 3 is 3.00 bits per heavy atom. The van der Waals surface area contributed by atoms with Crippen molar-refractivity contribution >= 4 is 6.92 Å². The van der Waals surface area contributed by atoms with Crippen LogP contribution in [0.15, 0.2) is 0 Å². The highest BCUT2D eigenvalue weighted by Gasteiger charge is 2.51. The Morgan fingerprint density at radius 1 is 1.60 bits per heavy atom. The van der Waals surface area contributed by atoms with E-state index >= 15 is 0 Å². The molecule has 1 aliphatic heterocycles. The summed E-state index contributed by atoms with van der Waals surface area (Å²) in [6.45, 7) is 3.98. The summed E-state index contributed by atoms with van der Waals surface area (Å²) in [4.78, 5) is 0. The second-order valence-corrected chi connectivity index (χ2v) is 3.67. The predicted octanol–water partition coefficient (Wildman–Crippen LogP) is 2.20. The number of unbranched alkanes of at least 4 members (excludes halogenated alkanes) is 1. The van der Waals surface area contributed by atoms with Crippen LogP contribution in [0.1, 0.15) is 26.2 Å². The monoisotopic (exact) mass is 138 g/mol. The van der Waals surface area contributed by atoms with Crippen LogP contribution >= 0.6 is 0 Å². The van der Waals surface area contributed by atoms with Gasteiger partial charge in [-0.3, -0.25) is 0 Å². The molecule has 0 aromatic heterocycles. The van der Waals surface area contributed by atoms with E-state index in [2.05, 4.69) is 6.92 Å². The molecule has 10 heavy (non-hydrogen) atoms. The van der Waals surface area contributed by atoms with Crippen molar-refractivity contribution in [3.8, 4) is 0 Å². The summed E-state index contributed by atoms with van der Waals surface area (Å²) in [7, 11) is 0. The van der Waals surface area contributed by atoms with Crippen molar-refractivity contribution in [3.63, 3.8) is 0 Å². The second-order valence-electron chi connectivity index (χ2n) is 3.67. The number of hydrogen-bond donors (Lipinski definition) is 0. The van der Waals surface area contributed by atoms with Gasteiger partial charge in [0.15, 0.2) is 0 Å². The van der Waals surface area contributed by atoms with Crippen LogP contribution in [0.3, 0.4) is 0 Å². The molecule has 1 saturated carbocycles. The van der Waals surface area contributed by atoms with Crippen molar-refractivity contribution in [2.24, 2.45) is 5.92 Å². The number of rotatable bonds is 3. The maximum atomic E-state index is 5.62. The first-order chi connectivity index (χ1) is 4.92. The van der Waals surface area contributed by atoms with E-state index in [4.69, 9.17) is 4.65 Å². The molecule has 0 spiro atoms. The average Bonchev–Trinajstić information content (AvgIpc) is 2.63. The Morgan fingerprint density at radius 2 is 2.50 bits per heavy atom. The van der Waals surface area contributed by atoms with Crippen LogP contribution in [0, 0.1) is 5.92 Å². The third-order valence-corrected chi connectivity index (χ3v) is 2.82. The van der Waals surface area contributed by atoms with Gasteiger partial charge in [0.25, 0.3) is 6.92 Å².